The predicted molar refractivity (Wildman–Crippen MR) is 86.3 cm³/mol. The Morgan fingerprint density at radius 3 is 2.32 bits per heavy atom. The standard InChI is InChI=1S/C17H17F3N4O/c1-24(14-4-2-11(3-5-14)8-13-6-7-21-13)15(25)12-9-22-16(23-10-12)17(18,19)20/h2-5,9-10,13,21H,6-8H2,1H3/t13-/m1/s1. The first-order valence-corrected chi connectivity index (χ1v) is 7.84. The number of benzene rings is 1. The van der Waals surface area contributed by atoms with Crippen molar-refractivity contribution in [3.8, 4) is 0 Å². The lowest BCUT2D eigenvalue weighted by Crippen LogP contribution is -2.44. The number of hydrogen-bond donors (Lipinski definition) is 1. The zero-order chi connectivity index (χ0) is 18.0. The molecule has 1 amide bonds. The van der Waals surface area contributed by atoms with Crippen molar-refractivity contribution in [2.75, 3.05) is 18.5 Å². The van der Waals surface area contributed by atoms with Crippen LogP contribution in [0.2, 0.25) is 0 Å². The van der Waals surface area contributed by atoms with Crippen LogP contribution >= 0.6 is 0 Å². The number of hydrogen-bond acceptors (Lipinski definition) is 4. The Bertz CT molecular complexity index is 740. The topological polar surface area (TPSA) is 58.1 Å². The van der Waals surface area contributed by atoms with E-state index in [2.05, 4.69) is 15.3 Å². The summed E-state index contributed by atoms with van der Waals surface area (Å²) in [5.41, 5.74) is 1.81. The SMILES string of the molecule is CN(C(=O)c1cnc(C(F)(F)F)nc1)c1ccc(C[C@H]2CCN2)cc1. The smallest absolute Gasteiger partial charge is 0.314 e. The van der Waals surface area contributed by atoms with Crippen LogP contribution in [-0.2, 0) is 12.6 Å². The first-order valence-electron chi connectivity index (χ1n) is 7.84. The number of aromatic nitrogens is 2. The minimum atomic E-state index is -4.63. The summed E-state index contributed by atoms with van der Waals surface area (Å²) in [4.78, 5) is 20.2. The molecule has 0 radical (unpaired) electrons. The lowest BCUT2D eigenvalue weighted by Gasteiger charge is -2.27. The number of carbonyl (C=O) groups is 1. The van der Waals surface area contributed by atoms with E-state index in [4.69, 9.17) is 0 Å². The molecule has 1 aromatic heterocycles. The second-order valence-corrected chi connectivity index (χ2v) is 5.97. The van der Waals surface area contributed by atoms with Gasteiger partial charge in [-0.2, -0.15) is 13.2 Å². The van der Waals surface area contributed by atoms with Crippen molar-refractivity contribution in [2.24, 2.45) is 0 Å². The lowest BCUT2D eigenvalue weighted by molar-refractivity contribution is -0.145. The van der Waals surface area contributed by atoms with Gasteiger partial charge in [-0.1, -0.05) is 12.1 Å². The Hall–Kier alpha value is -2.48. The maximum Gasteiger partial charge on any atom is 0.451 e. The highest BCUT2D eigenvalue weighted by molar-refractivity contribution is 6.05. The highest BCUT2D eigenvalue weighted by Gasteiger charge is 2.34. The highest BCUT2D eigenvalue weighted by atomic mass is 19.4. The molecule has 25 heavy (non-hydrogen) atoms. The predicted octanol–water partition coefficient (Wildman–Crippen LogP) is 2.68. The van der Waals surface area contributed by atoms with Gasteiger partial charge in [-0.25, -0.2) is 9.97 Å². The van der Waals surface area contributed by atoms with Crippen molar-refractivity contribution >= 4 is 11.6 Å². The third kappa shape index (κ3) is 3.96. The summed E-state index contributed by atoms with van der Waals surface area (Å²) in [6.07, 6.45) is -0.742. The molecule has 1 aromatic carbocycles. The number of alkyl halides is 3. The third-order valence-corrected chi connectivity index (χ3v) is 4.19. The van der Waals surface area contributed by atoms with Gasteiger partial charge in [0.2, 0.25) is 5.82 Å². The Morgan fingerprint density at radius 1 is 1.24 bits per heavy atom. The number of halogens is 3. The van der Waals surface area contributed by atoms with Gasteiger partial charge in [0.05, 0.1) is 5.56 Å². The van der Waals surface area contributed by atoms with E-state index in [0.29, 0.717) is 11.7 Å². The molecule has 0 bridgehead atoms. The van der Waals surface area contributed by atoms with Gasteiger partial charge < -0.3 is 10.2 Å². The molecule has 1 N–H and O–H groups in total. The summed E-state index contributed by atoms with van der Waals surface area (Å²) in [6.45, 7) is 1.05. The van der Waals surface area contributed by atoms with E-state index in [1.807, 2.05) is 24.3 Å². The molecule has 0 unspecified atom stereocenters. The van der Waals surface area contributed by atoms with Gasteiger partial charge in [0.25, 0.3) is 5.91 Å². The van der Waals surface area contributed by atoms with Crippen LogP contribution in [0.4, 0.5) is 18.9 Å². The van der Waals surface area contributed by atoms with Gasteiger partial charge in [-0.3, -0.25) is 4.79 Å². The molecule has 1 saturated heterocycles. The minimum Gasteiger partial charge on any atom is -0.314 e. The molecule has 5 nitrogen and oxygen atoms in total. The van der Waals surface area contributed by atoms with Crippen LogP contribution in [0.3, 0.4) is 0 Å². The van der Waals surface area contributed by atoms with Crippen molar-refractivity contribution in [1.82, 2.24) is 15.3 Å². The first kappa shape index (κ1) is 17.3. The molecule has 0 saturated carbocycles. The summed E-state index contributed by atoms with van der Waals surface area (Å²) < 4.78 is 37.4. The summed E-state index contributed by atoms with van der Waals surface area (Å²) >= 11 is 0. The van der Waals surface area contributed by atoms with Crippen LogP contribution in [0.25, 0.3) is 0 Å². The first-order chi connectivity index (χ1) is 11.8. The zero-order valence-corrected chi connectivity index (χ0v) is 13.5. The second-order valence-electron chi connectivity index (χ2n) is 5.97. The second kappa shape index (κ2) is 6.79. The Labute approximate surface area is 142 Å². The van der Waals surface area contributed by atoms with Crippen LogP contribution in [0.1, 0.15) is 28.2 Å². The van der Waals surface area contributed by atoms with Gasteiger partial charge in [0, 0.05) is 31.2 Å². The quantitative estimate of drug-likeness (QED) is 0.921. The third-order valence-electron chi connectivity index (χ3n) is 4.19. The molecular weight excluding hydrogens is 333 g/mol. The van der Waals surface area contributed by atoms with Crippen molar-refractivity contribution in [2.45, 2.75) is 25.1 Å². The van der Waals surface area contributed by atoms with Crippen LogP contribution in [-0.4, -0.2) is 35.5 Å². The van der Waals surface area contributed by atoms with E-state index >= 15 is 0 Å². The van der Waals surface area contributed by atoms with Gasteiger partial charge in [-0.15, -0.1) is 0 Å². The minimum absolute atomic E-state index is 0.00163. The molecule has 1 aliphatic rings. The van der Waals surface area contributed by atoms with Crippen LogP contribution in [0, 0.1) is 0 Å². The van der Waals surface area contributed by atoms with E-state index in [1.165, 1.54) is 10.5 Å². The van der Waals surface area contributed by atoms with Crippen molar-refractivity contribution in [1.29, 1.82) is 0 Å². The van der Waals surface area contributed by atoms with Gasteiger partial charge in [-0.05, 0) is 37.1 Å². The largest absolute Gasteiger partial charge is 0.451 e. The van der Waals surface area contributed by atoms with E-state index in [1.54, 1.807) is 7.05 Å². The molecule has 0 spiro atoms. The molecular formula is C17H17F3N4O. The normalized spacial score (nSPS) is 17.0. The van der Waals surface area contributed by atoms with E-state index in [9.17, 15) is 18.0 Å². The fraction of sp³-hybridized carbons (Fsp3) is 0.353. The average molecular weight is 350 g/mol. The molecule has 1 atom stereocenters. The van der Waals surface area contributed by atoms with Gasteiger partial charge in [0.1, 0.15) is 0 Å². The van der Waals surface area contributed by atoms with E-state index < -0.39 is 17.9 Å². The molecule has 8 heteroatoms. The number of nitrogens with zero attached hydrogens (tertiary/aromatic N) is 3. The fourth-order valence-electron chi connectivity index (χ4n) is 2.56. The molecule has 1 fully saturated rings. The van der Waals surface area contributed by atoms with E-state index in [-0.39, 0.29) is 5.56 Å². The summed E-state index contributed by atoms with van der Waals surface area (Å²) in [5, 5.41) is 3.33. The number of amides is 1. The maximum atomic E-state index is 12.5. The Morgan fingerprint density at radius 2 is 1.84 bits per heavy atom. The molecule has 1 aliphatic heterocycles. The number of nitrogens with one attached hydrogen (secondary N) is 1. The van der Waals surface area contributed by atoms with Gasteiger partial charge >= 0.3 is 6.18 Å². The molecule has 132 valence electrons. The van der Waals surface area contributed by atoms with Crippen LogP contribution in [0.15, 0.2) is 36.7 Å². The monoisotopic (exact) mass is 350 g/mol. The number of rotatable bonds is 4. The molecule has 2 aromatic rings. The van der Waals surface area contributed by atoms with Crippen molar-refractivity contribution in [3.05, 3.63) is 53.6 Å². The summed E-state index contributed by atoms with van der Waals surface area (Å²) in [5.74, 6) is -1.73. The fourth-order valence-corrected chi connectivity index (χ4v) is 2.56. The van der Waals surface area contributed by atoms with Gasteiger partial charge in [0.15, 0.2) is 0 Å². The highest BCUT2D eigenvalue weighted by Crippen LogP contribution is 2.25. The molecule has 2 heterocycles. The average Bonchev–Trinajstić information content (AvgIpc) is 2.57. The molecule has 0 aliphatic carbocycles. The van der Waals surface area contributed by atoms with Crippen LogP contribution in [0.5, 0.6) is 0 Å². The van der Waals surface area contributed by atoms with E-state index in [0.717, 1.165) is 31.8 Å². The van der Waals surface area contributed by atoms with Crippen molar-refractivity contribution < 1.29 is 18.0 Å². The zero-order valence-electron chi connectivity index (χ0n) is 13.5. The maximum absolute atomic E-state index is 12.5. The Kier molecular flexibility index (Phi) is 4.71. The summed E-state index contributed by atoms with van der Waals surface area (Å²) in [7, 11) is 1.56. The van der Waals surface area contributed by atoms with Crippen LogP contribution < -0.4 is 10.2 Å². The number of anilines is 1. The summed E-state index contributed by atoms with van der Waals surface area (Å²) in [6, 6.07) is 8.04. The molecule has 3 rings (SSSR count). The lowest BCUT2D eigenvalue weighted by atomic mass is 9.98. The number of carbonyl (C=O) groups excluding carboxylic acids is 1. The Balaban J connectivity index is 1.69. The van der Waals surface area contributed by atoms with Crippen molar-refractivity contribution in [3.63, 3.8) is 0 Å².